The molecule has 2 aromatic heterocycles. The van der Waals surface area contributed by atoms with Gasteiger partial charge in [0.15, 0.2) is 0 Å². The molecule has 0 spiro atoms. The first-order chi connectivity index (χ1) is 13.5. The van der Waals surface area contributed by atoms with E-state index in [4.69, 9.17) is 0 Å². The Kier molecular flexibility index (Phi) is 4.81. The number of halogens is 1. The summed E-state index contributed by atoms with van der Waals surface area (Å²) >= 11 is 0. The van der Waals surface area contributed by atoms with Gasteiger partial charge in [-0.1, -0.05) is 0 Å². The van der Waals surface area contributed by atoms with E-state index >= 15 is 0 Å². The molecule has 1 N–H and O–H groups in total. The summed E-state index contributed by atoms with van der Waals surface area (Å²) in [5.74, 6) is 0.698. The van der Waals surface area contributed by atoms with Crippen molar-refractivity contribution in [3.63, 3.8) is 0 Å². The molecular formula is C21H22FN5O. The molecule has 3 aromatic rings. The van der Waals surface area contributed by atoms with Crippen LogP contribution in [0.3, 0.4) is 0 Å². The van der Waals surface area contributed by atoms with Gasteiger partial charge in [0.2, 0.25) is 5.95 Å². The maximum Gasteiger partial charge on any atom is 0.272 e. The number of carbonyl (C=O) groups excluding carboxylic acids is 1. The summed E-state index contributed by atoms with van der Waals surface area (Å²) in [6.07, 6.45) is 7.88. The van der Waals surface area contributed by atoms with E-state index in [1.165, 1.54) is 25.0 Å². The van der Waals surface area contributed by atoms with Crippen molar-refractivity contribution in [3.8, 4) is 11.1 Å². The van der Waals surface area contributed by atoms with E-state index < -0.39 is 0 Å². The predicted molar refractivity (Wildman–Crippen MR) is 107 cm³/mol. The summed E-state index contributed by atoms with van der Waals surface area (Å²) in [7, 11) is 3.78. The van der Waals surface area contributed by atoms with E-state index in [2.05, 4.69) is 15.3 Å². The number of aromatic nitrogens is 3. The van der Waals surface area contributed by atoms with Crippen LogP contribution in [0.4, 0.5) is 16.0 Å². The minimum absolute atomic E-state index is 0.218. The highest BCUT2D eigenvalue weighted by atomic mass is 19.1. The SMILES string of the molecule is CN(C)c1ncc(-c2cc(C(=O)Nc3ccc(F)cc3)n(CC3CC3)c2)cn1. The molecule has 1 fully saturated rings. The first-order valence-corrected chi connectivity index (χ1v) is 9.26. The third-order valence-electron chi connectivity index (χ3n) is 4.75. The molecule has 0 aliphatic heterocycles. The van der Waals surface area contributed by atoms with E-state index in [1.54, 1.807) is 24.5 Å². The van der Waals surface area contributed by atoms with Crippen molar-refractivity contribution in [2.24, 2.45) is 5.92 Å². The van der Waals surface area contributed by atoms with Crippen LogP contribution >= 0.6 is 0 Å². The third-order valence-corrected chi connectivity index (χ3v) is 4.75. The third kappa shape index (κ3) is 4.03. The first-order valence-electron chi connectivity index (χ1n) is 9.26. The van der Waals surface area contributed by atoms with Crippen molar-refractivity contribution >= 4 is 17.5 Å². The molecule has 0 radical (unpaired) electrons. The van der Waals surface area contributed by atoms with Crippen LogP contribution in [0, 0.1) is 11.7 Å². The molecule has 1 aromatic carbocycles. The summed E-state index contributed by atoms with van der Waals surface area (Å²) in [6.45, 7) is 0.808. The molecule has 4 rings (SSSR count). The van der Waals surface area contributed by atoms with Crippen LogP contribution in [-0.2, 0) is 6.54 Å². The van der Waals surface area contributed by atoms with Crippen LogP contribution in [0.2, 0.25) is 0 Å². The highest BCUT2D eigenvalue weighted by molar-refractivity contribution is 6.04. The molecule has 1 aliphatic rings. The molecule has 0 saturated heterocycles. The van der Waals surface area contributed by atoms with Gasteiger partial charge < -0.3 is 14.8 Å². The zero-order chi connectivity index (χ0) is 19.7. The fourth-order valence-electron chi connectivity index (χ4n) is 3.02. The molecule has 0 atom stereocenters. The van der Waals surface area contributed by atoms with Gasteiger partial charge in [-0.15, -0.1) is 0 Å². The minimum Gasteiger partial charge on any atom is -0.347 e. The number of benzene rings is 1. The van der Waals surface area contributed by atoms with Gasteiger partial charge in [0, 0.05) is 56.0 Å². The van der Waals surface area contributed by atoms with Crippen LogP contribution in [0.5, 0.6) is 0 Å². The minimum atomic E-state index is -0.335. The van der Waals surface area contributed by atoms with Crippen molar-refractivity contribution in [3.05, 3.63) is 60.4 Å². The standard InChI is InChI=1S/C21H22FN5O/c1-26(2)21-23-10-16(11-24-21)15-9-19(27(13-15)12-14-3-4-14)20(28)25-18-7-5-17(22)6-8-18/h5-11,13-14H,3-4,12H2,1-2H3,(H,25,28). The van der Waals surface area contributed by atoms with Gasteiger partial charge >= 0.3 is 0 Å². The summed E-state index contributed by atoms with van der Waals surface area (Å²) in [6, 6.07) is 7.61. The Labute approximate surface area is 163 Å². The highest BCUT2D eigenvalue weighted by Crippen LogP contribution is 2.32. The molecule has 144 valence electrons. The maximum atomic E-state index is 13.1. The number of anilines is 2. The number of hydrogen-bond donors (Lipinski definition) is 1. The van der Waals surface area contributed by atoms with E-state index in [9.17, 15) is 9.18 Å². The van der Waals surface area contributed by atoms with Gasteiger partial charge in [0.05, 0.1) is 0 Å². The Balaban J connectivity index is 1.61. The lowest BCUT2D eigenvalue weighted by Crippen LogP contribution is -2.17. The number of rotatable bonds is 6. The largest absolute Gasteiger partial charge is 0.347 e. The van der Waals surface area contributed by atoms with E-state index in [1.807, 2.05) is 35.8 Å². The van der Waals surface area contributed by atoms with Crippen molar-refractivity contribution < 1.29 is 9.18 Å². The summed E-state index contributed by atoms with van der Waals surface area (Å²) in [5.41, 5.74) is 2.89. The Morgan fingerprint density at radius 3 is 2.46 bits per heavy atom. The van der Waals surface area contributed by atoms with Crippen LogP contribution in [0.25, 0.3) is 11.1 Å². The molecule has 7 heteroatoms. The smallest absolute Gasteiger partial charge is 0.272 e. The van der Waals surface area contributed by atoms with Crippen LogP contribution in [0.1, 0.15) is 23.3 Å². The zero-order valence-corrected chi connectivity index (χ0v) is 15.9. The lowest BCUT2D eigenvalue weighted by atomic mass is 10.2. The Bertz CT molecular complexity index is 975. The fraction of sp³-hybridized carbons (Fsp3) is 0.286. The van der Waals surface area contributed by atoms with Gasteiger partial charge in [-0.05, 0) is 49.1 Å². The number of amides is 1. The topological polar surface area (TPSA) is 63.1 Å². The van der Waals surface area contributed by atoms with Crippen LogP contribution in [-0.4, -0.2) is 34.5 Å². The van der Waals surface area contributed by atoms with Crippen LogP contribution in [0.15, 0.2) is 48.9 Å². The average molecular weight is 379 g/mol. The van der Waals surface area contributed by atoms with Gasteiger partial charge in [-0.3, -0.25) is 4.79 Å². The number of nitrogens with one attached hydrogen (secondary N) is 1. The number of hydrogen-bond acceptors (Lipinski definition) is 4. The summed E-state index contributed by atoms with van der Waals surface area (Å²) in [5, 5.41) is 2.84. The molecule has 1 saturated carbocycles. The summed E-state index contributed by atoms with van der Waals surface area (Å²) in [4.78, 5) is 23.4. The number of carbonyl (C=O) groups is 1. The molecule has 6 nitrogen and oxygen atoms in total. The van der Waals surface area contributed by atoms with E-state index in [0.29, 0.717) is 23.2 Å². The molecule has 28 heavy (non-hydrogen) atoms. The molecule has 0 unspecified atom stereocenters. The van der Waals surface area contributed by atoms with Crippen molar-refractivity contribution in [2.75, 3.05) is 24.3 Å². The molecular weight excluding hydrogens is 357 g/mol. The Morgan fingerprint density at radius 2 is 1.86 bits per heavy atom. The van der Waals surface area contributed by atoms with Crippen molar-refractivity contribution in [1.82, 2.24) is 14.5 Å². The van der Waals surface area contributed by atoms with Gasteiger partial charge in [0.25, 0.3) is 5.91 Å². The zero-order valence-electron chi connectivity index (χ0n) is 15.9. The second-order valence-electron chi connectivity index (χ2n) is 7.34. The molecule has 1 aliphatic carbocycles. The van der Waals surface area contributed by atoms with E-state index in [0.717, 1.165) is 17.7 Å². The maximum absolute atomic E-state index is 13.1. The van der Waals surface area contributed by atoms with Crippen molar-refractivity contribution in [2.45, 2.75) is 19.4 Å². The Morgan fingerprint density at radius 1 is 1.18 bits per heavy atom. The second kappa shape index (κ2) is 7.42. The van der Waals surface area contributed by atoms with E-state index in [-0.39, 0.29) is 11.7 Å². The second-order valence-corrected chi connectivity index (χ2v) is 7.34. The van der Waals surface area contributed by atoms with Gasteiger partial charge in [-0.2, -0.15) is 0 Å². The lowest BCUT2D eigenvalue weighted by Gasteiger charge is -2.09. The summed E-state index contributed by atoms with van der Waals surface area (Å²) < 4.78 is 15.1. The molecule has 0 bridgehead atoms. The first kappa shape index (κ1) is 18.2. The quantitative estimate of drug-likeness (QED) is 0.707. The Hall–Kier alpha value is -3.22. The predicted octanol–water partition coefficient (Wildman–Crippen LogP) is 3.81. The van der Waals surface area contributed by atoms with Crippen molar-refractivity contribution in [1.29, 1.82) is 0 Å². The van der Waals surface area contributed by atoms with Gasteiger partial charge in [0.1, 0.15) is 11.5 Å². The number of nitrogens with zero attached hydrogens (tertiary/aromatic N) is 4. The normalized spacial score (nSPS) is 13.4. The lowest BCUT2D eigenvalue weighted by molar-refractivity contribution is 0.101. The van der Waals surface area contributed by atoms with Crippen LogP contribution < -0.4 is 10.2 Å². The molecule has 2 heterocycles. The average Bonchev–Trinajstić information content (AvgIpc) is 3.40. The molecule has 1 amide bonds. The highest BCUT2D eigenvalue weighted by Gasteiger charge is 2.24. The van der Waals surface area contributed by atoms with Gasteiger partial charge in [-0.25, -0.2) is 14.4 Å². The monoisotopic (exact) mass is 379 g/mol. The fourth-order valence-corrected chi connectivity index (χ4v) is 3.02.